The molecule has 0 aliphatic carbocycles. The average molecular weight is 466 g/mol. The van der Waals surface area contributed by atoms with Crippen molar-refractivity contribution in [3.05, 3.63) is 64.2 Å². The van der Waals surface area contributed by atoms with E-state index in [-0.39, 0.29) is 6.10 Å². The molecule has 0 unspecified atom stereocenters. The molecule has 4 aromatic rings. The molecule has 0 amide bonds. The number of benzene rings is 1. The summed E-state index contributed by atoms with van der Waals surface area (Å²) in [6, 6.07) is 4.50. The van der Waals surface area contributed by atoms with Crippen LogP contribution in [0.2, 0.25) is 5.02 Å². The van der Waals surface area contributed by atoms with Crippen LogP contribution in [0.25, 0.3) is 22.4 Å². The summed E-state index contributed by atoms with van der Waals surface area (Å²) in [5.41, 5.74) is 3.89. The monoisotopic (exact) mass is 465 g/mol. The van der Waals surface area contributed by atoms with Crippen molar-refractivity contribution >= 4 is 28.7 Å². The second kappa shape index (κ2) is 8.57. The number of aromatic nitrogens is 6. The second-order valence-electron chi connectivity index (χ2n) is 7.93. The van der Waals surface area contributed by atoms with Crippen LogP contribution < -0.4 is 4.90 Å². The van der Waals surface area contributed by atoms with Gasteiger partial charge < -0.3 is 9.64 Å². The van der Waals surface area contributed by atoms with Crippen LogP contribution in [0.3, 0.4) is 0 Å². The Kier molecular flexibility index (Phi) is 5.59. The van der Waals surface area contributed by atoms with Gasteiger partial charge in [-0.25, -0.2) is 29.3 Å². The van der Waals surface area contributed by atoms with Crippen molar-refractivity contribution in [2.24, 2.45) is 0 Å². The zero-order chi connectivity index (χ0) is 23.1. The summed E-state index contributed by atoms with van der Waals surface area (Å²) in [4.78, 5) is 29.2. The number of hydrogen-bond donors (Lipinski definition) is 0. The lowest BCUT2D eigenvalue weighted by Gasteiger charge is -2.33. The zero-order valence-corrected chi connectivity index (χ0v) is 19.1. The predicted molar refractivity (Wildman–Crippen MR) is 123 cm³/mol. The Balaban J connectivity index is 1.61. The fraction of sp³-hybridized carbons (Fsp3) is 0.304. The highest BCUT2D eigenvalue weighted by Gasteiger charge is 2.26. The minimum absolute atomic E-state index is 0.236. The molecule has 1 atom stereocenters. The fourth-order valence-corrected chi connectivity index (χ4v) is 3.87. The van der Waals surface area contributed by atoms with Crippen LogP contribution in [-0.2, 0) is 4.74 Å². The molecule has 8 nitrogen and oxygen atoms in total. The maximum Gasteiger partial charge on any atom is 0.228 e. The minimum Gasteiger partial charge on any atom is -0.370 e. The molecule has 5 rings (SSSR count). The van der Waals surface area contributed by atoms with E-state index in [2.05, 4.69) is 24.9 Å². The van der Waals surface area contributed by atoms with Crippen LogP contribution in [0.15, 0.2) is 30.6 Å². The number of rotatable bonds is 3. The summed E-state index contributed by atoms with van der Waals surface area (Å²) >= 11 is 5.97. The molecule has 1 aliphatic heterocycles. The molecule has 3 aromatic heterocycles. The van der Waals surface area contributed by atoms with E-state index < -0.39 is 5.82 Å². The summed E-state index contributed by atoms with van der Waals surface area (Å²) in [5, 5.41) is 0.310. The minimum atomic E-state index is -0.481. The molecule has 1 saturated heterocycles. The first kappa shape index (κ1) is 21.5. The van der Waals surface area contributed by atoms with Gasteiger partial charge in [0.15, 0.2) is 5.65 Å². The van der Waals surface area contributed by atoms with Crippen molar-refractivity contribution in [1.29, 1.82) is 0 Å². The van der Waals surface area contributed by atoms with Crippen LogP contribution in [0.1, 0.15) is 28.9 Å². The van der Waals surface area contributed by atoms with E-state index in [4.69, 9.17) is 21.3 Å². The number of fused-ring (bicyclic) bond motifs is 1. The van der Waals surface area contributed by atoms with Gasteiger partial charge >= 0.3 is 0 Å². The predicted octanol–water partition coefficient (Wildman–Crippen LogP) is 4.17. The van der Waals surface area contributed by atoms with Crippen LogP contribution >= 0.6 is 11.6 Å². The third-order valence-electron chi connectivity index (χ3n) is 5.64. The van der Waals surface area contributed by atoms with Crippen molar-refractivity contribution < 1.29 is 9.13 Å². The first-order valence-corrected chi connectivity index (χ1v) is 10.9. The number of hydrogen-bond acceptors (Lipinski definition) is 8. The Bertz CT molecular complexity index is 1350. The molecule has 1 aliphatic rings. The maximum absolute atomic E-state index is 14.9. The molecule has 0 spiro atoms. The van der Waals surface area contributed by atoms with Crippen LogP contribution in [0, 0.1) is 26.6 Å². The summed E-state index contributed by atoms with van der Waals surface area (Å²) in [6.07, 6.45) is 3.30. The maximum atomic E-state index is 14.9. The van der Waals surface area contributed by atoms with Crippen molar-refractivity contribution in [2.75, 3.05) is 24.6 Å². The highest BCUT2D eigenvalue weighted by molar-refractivity contribution is 6.30. The smallest absolute Gasteiger partial charge is 0.228 e. The number of morpholine rings is 1. The van der Waals surface area contributed by atoms with Crippen molar-refractivity contribution in [3.63, 3.8) is 0 Å². The molecular weight excluding hydrogens is 445 g/mol. The van der Waals surface area contributed by atoms with Gasteiger partial charge in [-0.1, -0.05) is 11.6 Å². The van der Waals surface area contributed by atoms with E-state index >= 15 is 0 Å². The third kappa shape index (κ3) is 4.21. The van der Waals surface area contributed by atoms with E-state index in [0.717, 1.165) is 17.0 Å². The summed E-state index contributed by atoms with van der Waals surface area (Å²) in [6.45, 7) is 7.11. The lowest BCUT2D eigenvalue weighted by atomic mass is 10.1. The van der Waals surface area contributed by atoms with E-state index in [1.54, 1.807) is 24.5 Å². The SMILES string of the molecule is Cc1ncc([C@@H]2CN(c3nc(-c4ccc(Cl)cc4F)c4nc(C)c(C)nc4n3)CCO2)cn1. The highest BCUT2D eigenvalue weighted by Crippen LogP contribution is 2.32. The number of ether oxygens (including phenoxy) is 1. The largest absolute Gasteiger partial charge is 0.370 e. The lowest BCUT2D eigenvalue weighted by Crippen LogP contribution is -2.39. The molecule has 0 N–H and O–H groups in total. The van der Waals surface area contributed by atoms with Crippen LogP contribution in [-0.4, -0.2) is 49.6 Å². The van der Waals surface area contributed by atoms with Crippen molar-refractivity contribution in [2.45, 2.75) is 26.9 Å². The second-order valence-corrected chi connectivity index (χ2v) is 8.37. The normalized spacial score (nSPS) is 16.4. The molecule has 1 aromatic carbocycles. The van der Waals surface area contributed by atoms with Gasteiger partial charge in [-0.3, -0.25) is 0 Å². The highest BCUT2D eigenvalue weighted by atomic mass is 35.5. The summed E-state index contributed by atoms with van der Waals surface area (Å²) < 4.78 is 20.8. The number of anilines is 1. The standard InChI is InChI=1S/C23H21ClFN7O/c1-12-13(2)29-22-21(28-12)20(17-5-4-16(24)8-18(17)25)30-23(31-22)32-6-7-33-19(11-32)15-9-26-14(3)27-10-15/h4-5,8-10,19H,6-7,11H2,1-3H3/t19-/m0/s1. The first-order valence-electron chi connectivity index (χ1n) is 10.5. The molecule has 168 valence electrons. The van der Waals surface area contributed by atoms with Gasteiger partial charge in [0, 0.05) is 35.1 Å². The number of aryl methyl sites for hydroxylation is 3. The van der Waals surface area contributed by atoms with Gasteiger partial charge in [-0.15, -0.1) is 0 Å². The van der Waals surface area contributed by atoms with E-state index in [1.165, 1.54) is 6.07 Å². The van der Waals surface area contributed by atoms with Gasteiger partial charge in [0.2, 0.25) is 5.95 Å². The zero-order valence-electron chi connectivity index (χ0n) is 18.4. The van der Waals surface area contributed by atoms with Gasteiger partial charge in [0.05, 0.1) is 24.5 Å². The third-order valence-corrected chi connectivity index (χ3v) is 5.87. The number of nitrogens with zero attached hydrogens (tertiary/aromatic N) is 7. The summed E-state index contributed by atoms with van der Waals surface area (Å²) in [7, 11) is 0. The van der Waals surface area contributed by atoms with Crippen molar-refractivity contribution in [3.8, 4) is 11.3 Å². The molecule has 0 radical (unpaired) electrons. The molecular formula is C23H21ClFN7O. The molecule has 33 heavy (non-hydrogen) atoms. The van der Waals surface area contributed by atoms with Crippen LogP contribution in [0.5, 0.6) is 0 Å². The molecule has 0 bridgehead atoms. The molecule has 10 heteroatoms. The molecule has 4 heterocycles. The molecule has 1 fully saturated rings. The lowest BCUT2D eigenvalue weighted by molar-refractivity contribution is 0.0388. The Morgan fingerprint density at radius 2 is 1.79 bits per heavy atom. The Morgan fingerprint density at radius 1 is 1.03 bits per heavy atom. The molecule has 0 saturated carbocycles. The van der Waals surface area contributed by atoms with Crippen LogP contribution in [0.4, 0.5) is 10.3 Å². The van der Waals surface area contributed by atoms with Gasteiger partial charge in [0.25, 0.3) is 0 Å². The topological polar surface area (TPSA) is 89.8 Å². The van der Waals surface area contributed by atoms with Gasteiger partial charge in [0.1, 0.15) is 29.0 Å². The van der Waals surface area contributed by atoms with Gasteiger partial charge in [-0.2, -0.15) is 4.98 Å². The van der Waals surface area contributed by atoms with E-state index in [9.17, 15) is 4.39 Å². The van der Waals surface area contributed by atoms with Crippen molar-refractivity contribution in [1.82, 2.24) is 29.9 Å². The quantitative estimate of drug-likeness (QED) is 0.445. The Morgan fingerprint density at radius 3 is 2.55 bits per heavy atom. The first-order chi connectivity index (χ1) is 15.9. The fourth-order valence-electron chi connectivity index (χ4n) is 3.71. The Labute approximate surface area is 194 Å². The summed E-state index contributed by atoms with van der Waals surface area (Å²) in [5.74, 6) is 0.652. The van der Waals surface area contributed by atoms with E-state index in [1.807, 2.05) is 25.7 Å². The van der Waals surface area contributed by atoms with E-state index in [0.29, 0.717) is 58.9 Å². The average Bonchev–Trinajstić information content (AvgIpc) is 2.80. The van der Waals surface area contributed by atoms with Gasteiger partial charge in [-0.05, 0) is 39.0 Å². The Hall–Kier alpha value is -3.30. The number of halogens is 2.